The van der Waals surface area contributed by atoms with Crippen LogP contribution in [0.3, 0.4) is 0 Å². The van der Waals surface area contributed by atoms with Gasteiger partial charge in [-0.3, -0.25) is 9.48 Å². The number of nitrogens with zero attached hydrogens (tertiary/aromatic N) is 4. The van der Waals surface area contributed by atoms with Gasteiger partial charge in [-0.15, -0.1) is 0 Å². The van der Waals surface area contributed by atoms with Crippen LogP contribution in [0.2, 0.25) is 0 Å². The summed E-state index contributed by atoms with van der Waals surface area (Å²) in [5.41, 5.74) is 8.58. The molecule has 3 aromatic rings. The predicted octanol–water partition coefficient (Wildman–Crippen LogP) is 2.39. The summed E-state index contributed by atoms with van der Waals surface area (Å²) in [6.45, 7) is 2.16. The fourth-order valence-electron chi connectivity index (χ4n) is 2.44. The van der Waals surface area contributed by atoms with Crippen molar-refractivity contribution in [3.05, 3.63) is 58.0 Å². The van der Waals surface area contributed by atoms with Crippen molar-refractivity contribution in [1.29, 1.82) is 0 Å². The van der Waals surface area contributed by atoms with Gasteiger partial charge in [0.25, 0.3) is 5.91 Å². The number of hydrogen-bond acceptors (Lipinski definition) is 4. The van der Waals surface area contributed by atoms with Crippen LogP contribution in [0.1, 0.15) is 21.6 Å². The Kier molecular flexibility index (Phi) is 4.50. The molecule has 0 saturated heterocycles. The third-order valence-electron chi connectivity index (χ3n) is 3.68. The number of anilines is 1. The maximum Gasteiger partial charge on any atom is 0.260 e. The number of rotatable bonds is 4. The van der Waals surface area contributed by atoms with E-state index in [-0.39, 0.29) is 5.91 Å². The van der Waals surface area contributed by atoms with Crippen molar-refractivity contribution in [3.8, 4) is 5.69 Å². The van der Waals surface area contributed by atoms with Gasteiger partial charge >= 0.3 is 0 Å². The van der Waals surface area contributed by atoms with Gasteiger partial charge in [0.15, 0.2) is 5.82 Å². The summed E-state index contributed by atoms with van der Waals surface area (Å²) in [4.78, 5) is 12.5. The largest absolute Gasteiger partial charge is 0.326 e. The Labute approximate surface area is 147 Å². The Hall–Kier alpha value is -2.45. The first kappa shape index (κ1) is 16.4. The number of nitrogens with two attached hydrogens (primary N) is 1. The molecule has 3 N–H and O–H groups in total. The van der Waals surface area contributed by atoms with E-state index in [1.54, 1.807) is 28.8 Å². The first-order chi connectivity index (χ1) is 11.5. The number of carbonyl (C=O) groups is 1. The average Bonchev–Trinajstić information content (AvgIpc) is 3.10. The number of benzene rings is 1. The van der Waals surface area contributed by atoms with E-state index in [1.165, 1.54) is 0 Å². The van der Waals surface area contributed by atoms with E-state index in [2.05, 4.69) is 31.4 Å². The number of amides is 1. The standard InChI is InChI=1S/C16H17BrN6O/c1-10-14(8-19-23(10)13-5-3-12(17)4-6-13)16(24)20-15-11(7-18)9-22(2)21-15/h3-6,8-9H,7,18H2,1-2H3,(H,20,21,24). The van der Waals surface area contributed by atoms with E-state index in [0.29, 0.717) is 17.9 Å². The van der Waals surface area contributed by atoms with E-state index in [1.807, 2.05) is 31.2 Å². The highest BCUT2D eigenvalue weighted by atomic mass is 79.9. The summed E-state index contributed by atoms with van der Waals surface area (Å²) in [6.07, 6.45) is 3.34. The molecule has 7 nitrogen and oxygen atoms in total. The van der Waals surface area contributed by atoms with Crippen molar-refractivity contribution in [3.63, 3.8) is 0 Å². The molecule has 0 fully saturated rings. The Balaban J connectivity index is 1.87. The predicted molar refractivity (Wildman–Crippen MR) is 95.1 cm³/mol. The molecule has 0 aliphatic rings. The van der Waals surface area contributed by atoms with Crippen LogP contribution in [-0.2, 0) is 13.6 Å². The van der Waals surface area contributed by atoms with Gasteiger partial charge in [0.05, 0.1) is 23.1 Å². The number of aryl methyl sites for hydroxylation is 1. The van der Waals surface area contributed by atoms with Gasteiger partial charge in [0.1, 0.15) is 0 Å². The molecule has 1 amide bonds. The number of hydrogen-bond donors (Lipinski definition) is 2. The third-order valence-corrected chi connectivity index (χ3v) is 4.21. The molecule has 3 rings (SSSR count). The summed E-state index contributed by atoms with van der Waals surface area (Å²) >= 11 is 3.40. The molecule has 0 aliphatic carbocycles. The van der Waals surface area contributed by atoms with Crippen LogP contribution in [0.25, 0.3) is 5.69 Å². The van der Waals surface area contributed by atoms with Gasteiger partial charge in [0, 0.05) is 29.8 Å². The molecule has 0 spiro atoms. The minimum Gasteiger partial charge on any atom is -0.326 e. The first-order valence-corrected chi connectivity index (χ1v) is 8.13. The SMILES string of the molecule is Cc1c(C(=O)Nc2nn(C)cc2CN)cnn1-c1ccc(Br)cc1. The minimum absolute atomic E-state index is 0.260. The molecule has 24 heavy (non-hydrogen) atoms. The van der Waals surface area contributed by atoms with Crippen LogP contribution in [0, 0.1) is 6.92 Å². The smallest absolute Gasteiger partial charge is 0.260 e. The van der Waals surface area contributed by atoms with Gasteiger partial charge < -0.3 is 11.1 Å². The van der Waals surface area contributed by atoms with Gasteiger partial charge in [-0.1, -0.05) is 15.9 Å². The Morgan fingerprint density at radius 3 is 2.71 bits per heavy atom. The Morgan fingerprint density at radius 2 is 2.04 bits per heavy atom. The zero-order chi connectivity index (χ0) is 17.3. The van der Waals surface area contributed by atoms with Gasteiger partial charge in [-0.2, -0.15) is 10.2 Å². The maximum atomic E-state index is 12.5. The van der Waals surface area contributed by atoms with Crippen molar-refractivity contribution < 1.29 is 4.79 Å². The molecule has 2 heterocycles. The Bertz CT molecular complexity index is 881. The molecule has 0 radical (unpaired) electrons. The number of halogens is 1. The number of nitrogens with one attached hydrogen (secondary N) is 1. The zero-order valence-electron chi connectivity index (χ0n) is 13.3. The highest BCUT2D eigenvalue weighted by Crippen LogP contribution is 2.19. The van der Waals surface area contributed by atoms with Crippen molar-refractivity contribution in [2.75, 3.05) is 5.32 Å². The maximum absolute atomic E-state index is 12.5. The van der Waals surface area contributed by atoms with Gasteiger partial charge in [-0.25, -0.2) is 4.68 Å². The van der Waals surface area contributed by atoms with Crippen LogP contribution < -0.4 is 11.1 Å². The number of carbonyl (C=O) groups excluding carboxylic acids is 1. The van der Waals surface area contributed by atoms with Crippen LogP contribution in [0.4, 0.5) is 5.82 Å². The first-order valence-electron chi connectivity index (χ1n) is 7.34. The van der Waals surface area contributed by atoms with E-state index < -0.39 is 0 Å². The van der Waals surface area contributed by atoms with E-state index in [9.17, 15) is 4.79 Å². The molecule has 0 bridgehead atoms. The van der Waals surface area contributed by atoms with E-state index in [0.717, 1.165) is 21.4 Å². The molecule has 0 unspecified atom stereocenters. The Morgan fingerprint density at radius 1 is 1.33 bits per heavy atom. The van der Waals surface area contributed by atoms with Crippen molar-refractivity contribution in [2.45, 2.75) is 13.5 Å². The lowest BCUT2D eigenvalue weighted by Crippen LogP contribution is -2.15. The van der Waals surface area contributed by atoms with E-state index in [4.69, 9.17) is 5.73 Å². The molecule has 0 saturated carbocycles. The lowest BCUT2D eigenvalue weighted by Gasteiger charge is -2.06. The van der Waals surface area contributed by atoms with Gasteiger partial charge in [0.2, 0.25) is 0 Å². The molecule has 0 atom stereocenters. The van der Waals surface area contributed by atoms with E-state index >= 15 is 0 Å². The molecular formula is C16H17BrN6O. The summed E-state index contributed by atoms with van der Waals surface area (Å²) in [5.74, 6) is 0.213. The topological polar surface area (TPSA) is 90.8 Å². The summed E-state index contributed by atoms with van der Waals surface area (Å²) in [5, 5.41) is 11.3. The second-order valence-electron chi connectivity index (χ2n) is 5.37. The monoisotopic (exact) mass is 388 g/mol. The van der Waals surface area contributed by atoms with Crippen molar-refractivity contribution >= 4 is 27.7 Å². The highest BCUT2D eigenvalue weighted by molar-refractivity contribution is 9.10. The fourth-order valence-corrected chi connectivity index (χ4v) is 2.71. The van der Waals surface area contributed by atoms with Gasteiger partial charge in [-0.05, 0) is 31.2 Å². The lowest BCUT2D eigenvalue weighted by atomic mass is 10.2. The lowest BCUT2D eigenvalue weighted by molar-refractivity contribution is 0.102. The number of aromatic nitrogens is 4. The van der Waals surface area contributed by atoms with Crippen LogP contribution >= 0.6 is 15.9 Å². The molecule has 2 aromatic heterocycles. The van der Waals surface area contributed by atoms with Crippen molar-refractivity contribution in [1.82, 2.24) is 19.6 Å². The molecule has 0 aliphatic heterocycles. The second kappa shape index (κ2) is 6.58. The molecule has 8 heteroatoms. The quantitative estimate of drug-likeness (QED) is 0.717. The van der Waals surface area contributed by atoms with Crippen LogP contribution in [0.15, 0.2) is 41.1 Å². The molecular weight excluding hydrogens is 372 g/mol. The van der Waals surface area contributed by atoms with Crippen molar-refractivity contribution in [2.24, 2.45) is 12.8 Å². The average molecular weight is 389 g/mol. The summed E-state index contributed by atoms with van der Waals surface area (Å²) in [7, 11) is 1.78. The van der Waals surface area contributed by atoms with Crippen LogP contribution in [-0.4, -0.2) is 25.5 Å². The highest BCUT2D eigenvalue weighted by Gasteiger charge is 2.17. The molecule has 124 valence electrons. The zero-order valence-corrected chi connectivity index (χ0v) is 14.9. The third kappa shape index (κ3) is 3.10. The summed E-state index contributed by atoms with van der Waals surface area (Å²) in [6, 6.07) is 7.71. The normalized spacial score (nSPS) is 10.8. The summed E-state index contributed by atoms with van der Waals surface area (Å²) < 4.78 is 4.33. The fraction of sp³-hybridized carbons (Fsp3) is 0.188. The second-order valence-corrected chi connectivity index (χ2v) is 6.28. The minimum atomic E-state index is -0.260. The molecule has 1 aromatic carbocycles. The van der Waals surface area contributed by atoms with Crippen LogP contribution in [0.5, 0.6) is 0 Å².